The smallest absolute Gasteiger partial charge is 0.256 e. The van der Waals surface area contributed by atoms with Crippen molar-refractivity contribution in [1.82, 2.24) is 4.90 Å². The average Bonchev–Trinajstić information content (AvgIpc) is 3.21. The molecule has 2 aromatic rings. The third kappa shape index (κ3) is 4.76. The molecule has 0 spiro atoms. The molecule has 0 aromatic heterocycles. The molecule has 140 valence electrons. The van der Waals surface area contributed by atoms with Crippen molar-refractivity contribution in [3.8, 4) is 0 Å². The van der Waals surface area contributed by atoms with E-state index in [0.29, 0.717) is 11.3 Å². The van der Waals surface area contributed by atoms with Crippen molar-refractivity contribution in [3.63, 3.8) is 0 Å². The number of rotatable bonds is 5. The molecular formula is C22H25N3O2. The summed E-state index contributed by atoms with van der Waals surface area (Å²) in [7, 11) is 3.83. The highest BCUT2D eigenvalue weighted by Crippen LogP contribution is 2.26. The van der Waals surface area contributed by atoms with Gasteiger partial charge in [-0.15, -0.1) is 0 Å². The summed E-state index contributed by atoms with van der Waals surface area (Å²) in [6.07, 6.45) is 5.35. The molecular weight excluding hydrogens is 338 g/mol. The molecule has 1 heterocycles. The summed E-state index contributed by atoms with van der Waals surface area (Å²) in [5, 5.41) is 2.85. The van der Waals surface area contributed by atoms with Crippen molar-refractivity contribution >= 4 is 29.3 Å². The molecule has 0 bridgehead atoms. The van der Waals surface area contributed by atoms with Gasteiger partial charge in [-0.3, -0.25) is 9.59 Å². The zero-order chi connectivity index (χ0) is 19.2. The van der Waals surface area contributed by atoms with Crippen LogP contribution >= 0.6 is 0 Å². The first-order valence-electron chi connectivity index (χ1n) is 9.19. The second kappa shape index (κ2) is 8.54. The maximum Gasteiger partial charge on any atom is 0.256 e. The molecule has 1 saturated heterocycles. The third-order valence-corrected chi connectivity index (χ3v) is 4.60. The van der Waals surface area contributed by atoms with E-state index >= 15 is 0 Å². The molecule has 2 amide bonds. The van der Waals surface area contributed by atoms with Crippen LogP contribution in [0.4, 0.5) is 11.4 Å². The van der Waals surface area contributed by atoms with Crippen LogP contribution in [-0.4, -0.2) is 43.9 Å². The highest BCUT2D eigenvalue weighted by Gasteiger charge is 2.23. The van der Waals surface area contributed by atoms with Crippen molar-refractivity contribution in [2.75, 3.05) is 37.4 Å². The van der Waals surface area contributed by atoms with E-state index in [1.54, 1.807) is 12.1 Å². The number of amides is 2. The Morgan fingerprint density at radius 2 is 1.74 bits per heavy atom. The molecule has 1 fully saturated rings. The highest BCUT2D eigenvalue weighted by molar-refractivity contribution is 6.05. The Morgan fingerprint density at radius 1 is 1.04 bits per heavy atom. The number of nitrogens with zero attached hydrogens (tertiary/aromatic N) is 2. The van der Waals surface area contributed by atoms with Crippen molar-refractivity contribution in [2.24, 2.45) is 0 Å². The Hall–Kier alpha value is -3.08. The van der Waals surface area contributed by atoms with Crippen molar-refractivity contribution in [1.29, 1.82) is 0 Å². The predicted octanol–water partition coefficient (Wildman–Crippen LogP) is 3.64. The van der Waals surface area contributed by atoms with Gasteiger partial charge in [0.25, 0.3) is 5.91 Å². The van der Waals surface area contributed by atoms with Crippen LogP contribution in [0.3, 0.4) is 0 Å². The van der Waals surface area contributed by atoms with Gasteiger partial charge in [0.05, 0.1) is 5.56 Å². The van der Waals surface area contributed by atoms with Gasteiger partial charge in [-0.2, -0.15) is 0 Å². The van der Waals surface area contributed by atoms with Crippen LogP contribution in [0.15, 0.2) is 54.6 Å². The zero-order valence-electron chi connectivity index (χ0n) is 15.8. The molecule has 0 atom stereocenters. The Kier molecular flexibility index (Phi) is 5.91. The van der Waals surface area contributed by atoms with Crippen molar-refractivity contribution < 1.29 is 9.59 Å². The predicted molar refractivity (Wildman–Crippen MR) is 110 cm³/mol. The van der Waals surface area contributed by atoms with Gasteiger partial charge in [0.15, 0.2) is 0 Å². The molecule has 0 aliphatic carbocycles. The summed E-state index contributed by atoms with van der Waals surface area (Å²) in [6, 6.07) is 15.1. The lowest BCUT2D eigenvalue weighted by Crippen LogP contribution is -2.29. The fraction of sp³-hybridized carbons (Fsp3) is 0.273. The summed E-state index contributed by atoms with van der Waals surface area (Å²) >= 11 is 0. The van der Waals surface area contributed by atoms with Crippen LogP contribution in [0.5, 0.6) is 0 Å². The monoisotopic (exact) mass is 363 g/mol. The van der Waals surface area contributed by atoms with Crippen LogP contribution in [0.25, 0.3) is 6.08 Å². The number of hydrogen-bond acceptors (Lipinski definition) is 3. The lowest BCUT2D eigenvalue weighted by Gasteiger charge is -2.22. The first-order valence-corrected chi connectivity index (χ1v) is 9.19. The minimum Gasteiger partial charge on any atom is -0.377 e. The largest absolute Gasteiger partial charge is 0.377 e. The molecule has 0 unspecified atom stereocenters. The zero-order valence-corrected chi connectivity index (χ0v) is 15.8. The van der Waals surface area contributed by atoms with Gasteiger partial charge in [-0.05, 0) is 42.7 Å². The first kappa shape index (κ1) is 18.7. The van der Waals surface area contributed by atoms with E-state index in [-0.39, 0.29) is 11.8 Å². The average molecular weight is 363 g/mol. The van der Waals surface area contributed by atoms with E-state index < -0.39 is 0 Å². The summed E-state index contributed by atoms with van der Waals surface area (Å²) < 4.78 is 0. The van der Waals surface area contributed by atoms with Crippen LogP contribution in [0, 0.1) is 0 Å². The van der Waals surface area contributed by atoms with Crippen LogP contribution < -0.4 is 10.2 Å². The summed E-state index contributed by atoms with van der Waals surface area (Å²) in [6.45, 7) is 1.59. The number of carbonyl (C=O) groups is 2. The second-order valence-electron chi connectivity index (χ2n) is 6.86. The molecule has 1 N–H and O–H groups in total. The molecule has 3 rings (SSSR count). The number of hydrogen-bond donors (Lipinski definition) is 1. The molecule has 2 aromatic carbocycles. The van der Waals surface area contributed by atoms with Gasteiger partial charge in [-0.25, -0.2) is 0 Å². The first-order chi connectivity index (χ1) is 13.0. The second-order valence-corrected chi connectivity index (χ2v) is 6.86. The SMILES string of the molecule is CN(C)c1ccc(NC(=O)/C=C/c2ccccc2)cc1C(=O)N1CCCC1. The Morgan fingerprint density at radius 3 is 2.41 bits per heavy atom. The Bertz CT molecular complexity index is 838. The highest BCUT2D eigenvalue weighted by atomic mass is 16.2. The van der Waals surface area contributed by atoms with Crippen molar-refractivity contribution in [2.45, 2.75) is 12.8 Å². The van der Waals surface area contributed by atoms with Crippen LogP contribution in [0.1, 0.15) is 28.8 Å². The topological polar surface area (TPSA) is 52.7 Å². The van der Waals surface area contributed by atoms with E-state index in [9.17, 15) is 9.59 Å². The fourth-order valence-electron chi connectivity index (χ4n) is 3.19. The van der Waals surface area contributed by atoms with Gasteiger partial charge in [-0.1, -0.05) is 30.3 Å². The maximum atomic E-state index is 12.9. The number of nitrogens with one attached hydrogen (secondary N) is 1. The van der Waals surface area contributed by atoms with Crippen molar-refractivity contribution in [3.05, 3.63) is 65.7 Å². The standard InChI is InChI=1S/C22H25N3O2/c1-24(2)20-12-11-18(16-19(20)22(27)25-14-6-7-15-25)23-21(26)13-10-17-8-4-3-5-9-17/h3-5,8-13,16H,6-7,14-15H2,1-2H3,(H,23,26)/b13-10+. The molecule has 0 radical (unpaired) electrons. The summed E-state index contributed by atoms with van der Waals surface area (Å²) in [5.74, 6) is -0.205. The van der Waals surface area contributed by atoms with Crippen LogP contribution in [0.2, 0.25) is 0 Å². The molecule has 1 aliphatic rings. The number of carbonyl (C=O) groups excluding carboxylic acids is 2. The van der Waals surface area contributed by atoms with E-state index in [2.05, 4.69) is 5.32 Å². The number of likely N-dealkylation sites (tertiary alicyclic amines) is 1. The fourth-order valence-corrected chi connectivity index (χ4v) is 3.19. The normalized spacial score (nSPS) is 13.8. The lowest BCUT2D eigenvalue weighted by molar-refractivity contribution is -0.111. The molecule has 5 nitrogen and oxygen atoms in total. The summed E-state index contributed by atoms with van der Waals surface area (Å²) in [5.41, 5.74) is 3.04. The molecule has 1 aliphatic heterocycles. The third-order valence-electron chi connectivity index (χ3n) is 4.60. The quantitative estimate of drug-likeness (QED) is 0.825. The Labute approximate surface area is 160 Å². The number of benzene rings is 2. The van der Waals surface area contributed by atoms with Gasteiger partial charge in [0, 0.05) is 44.6 Å². The van der Waals surface area contributed by atoms with E-state index in [1.165, 1.54) is 6.08 Å². The van der Waals surface area contributed by atoms with Gasteiger partial charge in [0.2, 0.25) is 5.91 Å². The Balaban J connectivity index is 1.77. The van der Waals surface area contributed by atoms with E-state index in [0.717, 1.165) is 37.2 Å². The molecule has 27 heavy (non-hydrogen) atoms. The summed E-state index contributed by atoms with van der Waals surface area (Å²) in [4.78, 5) is 28.9. The maximum absolute atomic E-state index is 12.9. The number of anilines is 2. The van der Waals surface area contributed by atoms with Gasteiger partial charge < -0.3 is 15.1 Å². The molecule has 0 saturated carbocycles. The minimum atomic E-state index is -0.226. The van der Waals surface area contributed by atoms with Gasteiger partial charge >= 0.3 is 0 Å². The van der Waals surface area contributed by atoms with E-state index in [4.69, 9.17) is 0 Å². The lowest BCUT2D eigenvalue weighted by atomic mass is 10.1. The minimum absolute atomic E-state index is 0.0205. The van der Waals surface area contributed by atoms with Crippen LogP contribution in [-0.2, 0) is 4.79 Å². The van der Waals surface area contributed by atoms with Gasteiger partial charge in [0.1, 0.15) is 0 Å². The molecule has 5 heteroatoms. The van der Waals surface area contributed by atoms with E-state index in [1.807, 2.05) is 66.4 Å².